The third-order valence-electron chi connectivity index (χ3n) is 3.91. The Labute approximate surface area is 158 Å². The Hall–Kier alpha value is -0.680. The number of carbonyl (C=O) groups excluding carboxylic acids is 1. The number of carbonyl (C=O) groups is 1. The van der Waals surface area contributed by atoms with Gasteiger partial charge in [0.1, 0.15) is 24.4 Å². The average Bonchev–Trinajstić information content (AvgIpc) is 2.61. The Morgan fingerprint density at radius 1 is 1.27 bits per heavy atom. The zero-order valence-electron chi connectivity index (χ0n) is 15.4. The van der Waals surface area contributed by atoms with Crippen molar-refractivity contribution in [3.63, 3.8) is 0 Å². The fourth-order valence-corrected chi connectivity index (χ4v) is 2.67. The summed E-state index contributed by atoms with van der Waals surface area (Å²) in [5.74, 6) is 0.358. The monoisotopic (exact) mass is 398 g/mol. The zero-order chi connectivity index (χ0) is 19.9. The SMILES string of the molecule is CCCN(C(=O)NCCCl)C(O)[C@H]1O[C@H](OCC(C)C)[C@H](O)[C@@H](O)[C@@H]1O. The summed E-state index contributed by atoms with van der Waals surface area (Å²) in [5, 5.41) is 43.5. The largest absolute Gasteiger partial charge is 0.387 e. The van der Waals surface area contributed by atoms with Crippen molar-refractivity contribution in [2.24, 2.45) is 5.92 Å². The van der Waals surface area contributed by atoms with Crippen molar-refractivity contribution in [2.75, 3.05) is 25.6 Å². The molecule has 0 aromatic heterocycles. The number of halogens is 1. The van der Waals surface area contributed by atoms with Gasteiger partial charge in [0.2, 0.25) is 0 Å². The van der Waals surface area contributed by atoms with Gasteiger partial charge >= 0.3 is 6.03 Å². The number of alkyl halides is 1. The molecule has 9 nitrogen and oxygen atoms in total. The summed E-state index contributed by atoms with van der Waals surface area (Å²) in [6.45, 7) is 6.27. The lowest BCUT2D eigenvalue weighted by atomic mass is 9.97. The van der Waals surface area contributed by atoms with Crippen LogP contribution < -0.4 is 5.32 Å². The molecule has 1 fully saturated rings. The van der Waals surface area contributed by atoms with E-state index in [9.17, 15) is 25.2 Å². The molecule has 154 valence electrons. The van der Waals surface area contributed by atoms with Gasteiger partial charge in [0.15, 0.2) is 12.5 Å². The highest BCUT2D eigenvalue weighted by atomic mass is 35.5. The van der Waals surface area contributed by atoms with Crippen molar-refractivity contribution in [1.29, 1.82) is 0 Å². The third kappa shape index (κ3) is 6.19. The van der Waals surface area contributed by atoms with E-state index in [4.69, 9.17) is 21.1 Å². The lowest BCUT2D eigenvalue weighted by Crippen LogP contribution is -2.65. The first kappa shape index (κ1) is 23.4. The Bertz CT molecular complexity index is 429. The van der Waals surface area contributed by atoms with Gasteiger partial charge in [-0.3, -0.25) is 4.90 Å². The van der Waals surface area contributed by atoms with Crippen molar-refractivity contribution in [2.45, 2.75) is 64.1 Å². The van der Waals surface area contributed by atoms with Crippen LogP contribution in [0.3, 0.4) is 0 Å². The molecule has 1 heterocycles. The fraction of sp³-hybridized carbons (Fsp3) is 0.938. The lowest BCUT2D eigenvalue weighted by Gasteiger charge is -2.44. The maximum atomic E-state index is 12.2. The zero-order valence-corrected chi connectivity index (χ0v) is 16.2. The Kier molecular flexibility index (Phi) is 10.1. The molecule has 0 saturated carbocycles. The van der Waals surface area contributed by atoms with E-state index in [-0.39, 0.29) is 31.5 Å². The molecule has 1 saturated heterocycles. The molecule has 1 rings (SSSR count). The maximum Gasteiger partial charge on any atom is 0.319 e. The highest BCUT2D eigenvalue weighted by Gasteiger charge is 2.48. The van der Waals surface area contributed by atoms with Crippen LogP contribution in [-0.4, -0.2) is 93.9 Å². The topological polar surface area (TPSA) is 132 Å². The van der Waals surface area contributed by atoms with Crippen LogP contribution in [0.25, 0.3) is 0 Å². The number of urea groups is 1. The van der Waals surface area contributed by atoms with Crippen LogP contribution in [0.1, 0.15) is 27.2 Å². The maximum absolute atomic E-state index is 12.2. The van der Waals surface area contributed by atoms with Crippen molar-refractivity contribution in [3.05, 3.63) is 0 Å². The number of aliphatic hydroxyl groups excluding tert-OH is 4. The van der Waals surface area contributed by atoms with Crippen molar-refractivity contribution < 1.29 is 34.7 Å². The van der Waals surface area contributed by atoms with Crippen LogP contribution in [0.5, 0.6) is 0 Å². The number of amides is 2. The Morgan fingerprint density at radius 2 is 1.92 bits per heavy atom. The first-order valence-electron chi connectivity index (χ1n) is 8.84. The van der Waals surface area contributed by atoms with E-state index in [0.29, 0.717) is 6.42 Å². The third-order valence-corrected chi connectivity index (χ3v) is 4.10. The molecule has 1 aliphatic rings. The summed E-state index contributed by atoms with van der Waals surface area (Å²) in [6.07, 6.45) is -8.24. The molecular weight excluding hydrogens is 368 g/mol. The first-order valence-corrected chi connectivity index (χ1v) is 9.37. The molecule has 0 aliphatic carbocycles. The molecule has 26 heavy (non-hydrogen) atoms. The van der Waals surface area contributed by atoms with E-state index in [0.717, 1.165) is 4.90 Å². The van der Waals surface area contributed by atoms with Gasteiger partial charge in [-0.05, 0) is 12.3 Å². The normalized spacial score (nSPS) is 30.3. The van der Waals surface area contributed by atoms with Gasteiger partial charge in [-0.2, -0.15) is 0 Å². The number of aliphatic hydroxyl groups is 4. The quantitative estimate of drug-likeness (QED) is 0.260. The smallest absolute Gasteiger partial charge is 0.319 e. The highest BCUT2D eigenvalue weighted by Crippen LogP contribution is 2.26. The van der Waals surface area contributed by atoms with Crippen LogP contribution in [-0.2, 0) is 9.47 Å². The fourth-order valence-electron chi connectivity index (χ4n) is 2.57. The number of rotatable bonds is 9. The number of ether oxygens (including phenoxy) is 2. The van der Waals surface area contributed by atoms with Crippen molar-refractivity contribution >= 4 is 17.6 Å². The van der Waals surface area contributed by atoms with E-state index in [2.05, 4.69) is 5.32 Å². The van der Waals surface area contributed by atoms with Crippen molar-refractivity contribution in [3.8, 4) is 0 Å². The number of nitrogens with zero attached hydrogens (tertiary/aromatic N) is 1. The summed E-state index contributed by atoms with van der Waals surface area (Å²) in [4.78, 5) is 13.3. The summed E-state index contributed by atoms with van der Waals surface area (Å²) < 4.78 is 10.9. The summed E-state index contributed by atoms with van der Waals surface area (Å²) >= 11 is 5.56. The number of hydrogen-bond acceptors (Lipinski definition) is 7. The standard InChI is InChI=1S/C16H31ClN2O7/c1-4-7-19(16(24)18-6-5-17)14(23)13-11(21)10(20)12(22)15(26-13)25-8-9(2)3/h9-15,20-23H,4-8H2,1-3H3,(H,18,24)/t10-,11-,12+,13-,14?,15-/m0/s1. The van der Waals surface area contributed by atoms with E-state index in [1.54, 1.807) is 0 Å². The number of nitrogens with one attached hydrogen (secondary N) is 1. The Balaban J connectivity index is 2.90. The van der Waals surface area contributed by atoms with Gasteiger partial charge in [-0.1, -0.05) is 20.8 Å². The van der Waals surface area contributed by atoms with E-state index < -0.39 is 43.0 Å². The molecule has 6 atom stereocenters. The second kappa shape index (κ2) is 11.2. The Morgan fingerprint density at radius 3 is 2.46 bits per heavy atom. The summed E-state index contributed by atoms with van der Waals surface area (Å²) in [7, 11) is 0. The van der Waals surface area contributed by atoms with Crippen molar-refractivity contribution in [1.82, 2.24) is 10.2 Å². The minimum Gasteiger partial charge on any atom is -0.387 e. The second-order valence-corrected chi connectivity index (χ2v) is 7.07. The van der Waals surface area contributed by atoms with Crippen LogP contribution in [0.15, 0.2) is 0 Å². The second-order valence-electron chi connectivity index (χ2n) is 6.70. The predicted molar refractivity (Wildman–Crippen MR) is 94.6 cm³/mol. The van der Waals surface area contributed by atoms with Crippen LogP contribution in [0, 0.1) is 5.92 Å². The van der Waals surface area contributed by atoms with Crippen LogP contribution >= 0.6 is 11.6 Å². The van der Waals surface area contributed by atoms with E-state index in [1.807, 2.05) is 20.8 Å². The van der Waals surface area contributed by atoms with E-state index >= 15 is 0 Å². The summed E-state index contributed by atoms with van der Waals surface area (Å²) in [6, 6.07) is -0.573. The van der Waals surface area contributed by atoms with Gasteiger partial charge in [-0.15, -0.1) is 11.6 Å². The summed E-state index contributed by atoms with van der Waals surface area (Å²) in [5.41, 5.74) is 0. The van der Waals surface area contributed by atoms with Gasteiger partial charge in [-0.25, -0.2) is 4.79 Å². The molecule has 10 heteroatoms. The molecule has 0 radical (unpaired) electrons. The predicted octanol–water partition coefficient (Wildman–Crippen LogP) is -0.555. The average molecular weight is 399 g/mol. The molecule has 0 bridgehead atoms. The molecule has 0 aromatic rings. The molecular formula is C16H31ClN2O7. The van der Waals surface area contributed by atoms with Gasteiger partial charge < -0.3 is 35.2 Å². The number of hydrogen-bond donors (Lipinski definition) is 5. The van der Waals surface area contributed by atoms with Crippen LogP contribution in [0.4, 0.5) is 4.79 Å². The minimum absolute atomic E-state index is 0.149. The molecule has 0 aromatic carbocycles. The van der Waals surface area contributed by atoms with E-state index in [1.165, 1.54) is 0 Å². The molecule has 1 aliphatic heterocycles. The van der Waals surface area contributed by atoms with Crippen LogP contribution in [0.2, 0.25) is 0 Å². The van der Waals surface area contributed by atoms with Gasteiger partial charge in [0.25, 0.3) is 0 Å². The highest BCUT2D eigenvalue weighted by molar-refractivity contribution is 6.18. The molecule has 2 amide bonds. The lowest BCUT2D eigenvalue weighted by molar-refractivity contribution is -0.319. The minimum atomic E-state index is -1.60. The van der Waals surface area contributed by atoms with Gasteiger partial charge in [0.05, 0.1) is 6.61 Å². The van der Waals surface area contributed by atoms with Gasteiger partial charge in [0, 0.05) is 19.0 Å². The molecule has 5 N–H and O–H groups in total. The first-order chi connectivity index (χ1) is 12.2. The molecule has 1 unspecified atom stereocenters. The molecule has 0 spiro atoms.